The van der Waals surface area contributed by atoms with Gasteiger partial charge in [0, 0.05) is 31.5 Å². The maximum absolute atomic E-state index is 7.88. The molecule has 0 bridgehead atoms. The van der Waals surface area contributed by atoms with E-state index < -0.39 is 0 Å². The van der Waals surface area contributed by atoms with E-state index in [4.69, 9.17) is 15.4 Å². The first-order valence-corrected chi connectivity index (χ1v) is 12.6. The highest BCUT2D eigenvalue weighted by molar-refractivity contribution is 5.80. The van der Waals surface area contributed by atoms with Gasteiger partial charge in [0.15, 0.2) is 0 Å². The van der Waals surface area contributed by atoms with Gasteiger partial charge < -0.3 is 26.3 Å². The third-order valence-electron chi connectivity index (χ3n) is 8.14. The summed E-state index contributed by atoms with van der Waals surface area (Å²) in [5, 5.41) is 18.4. The summed E-state index contributed by atoms with van der Waals surface area (Å²) in [6.45, 7) is 6.91. The molecule has 2 aliphatic carbocycles. The van der Waals surface area contributed by atoms with Gasteiger partial charge in [-0.25, -0.2) is 0 Å². The SMILES string of the molecule is CCC1(C)CCC(N/C=C(\C=N)Nc2nc(NC3CCCCC3)c3c(n2)N(C)C3C)CC1. The predicted octanol–water partition coefficient (Wildman–Crippen LogP) is 5.58. The largest absolute Gasteiger partial charge is 0.386 e. The normalized spacial score (nSPS) is 28.5. The van der Waals surface area contributed by atoms with Gasteiger partial charge in [-0.15, -0.1) is 0 Å². The Labute approximate surface area is 193 Å². The minimum Gasteiger partial charge on any atom is -0.386 e. The lowest BCUT2D eigenvalue weighted by Crippen LogP contribution is -2.37. The van der Waals surface area contributed by atoms with Gasteiger partial charge in [-0.2, -0.15) is 9.97 Å². The van der Waals surface area contributed by atoms with Gasteiger partial charge in [0.05, 0.1) is 17.3 Å². The molecule has 4 N–H and O–H groups in total. The van der Waals surface area contributed by atoms with E-state index in [-0.39, 0.29) is 0 Å². The summed E-state index contributed by atoms with van der Waals surface area (Å²) in [7, 11) is 2.08. The first-order valence-electron chi connectivity index (χ1n) is 12.6. The number of hydrogen-bond acceptors (Lipinski definition) is 7. The van der Waals surface area contributed by atoms with Crippen molar-refractivity contribution in [2.24, 2.45) is 5.41 Å². The van der Waals surface area contributed by atoms with Crippen LogP contribution in [0.5, 0.6) is 0 Å². The molecule has 4 rings (SSSR count). The lowest BCUT2D eigenvalue weighted by atomic mass is 9.72. The van der Waals surface area contributed by atoms with Crippen LogP contribution in [0.1, 0.15) is 96.6 Å². The summed E-state index contributed by atoms with van der Waals surface area (Å²) in [5.41, 5.74) is 2.39. The highest BCUT2D eigenvalue weighted by Crippen LogP contribution is 2.45. The number of rotatable bonds is 8. The van der Waals surface area contributed by atoms with Crippen molar-refractivity contribution < 1.29 is 0 Å². The molecule has 0 amide bonds. The smallest absolute Gasteiger partial charge is 0.231 e. The molecule has 2 heterocycles. The third-order valence-corrected chi connectivity index (χ3v) is 8.14. The van der Waals surface area contributed by atoms with E-state index in [1.807, 2.05) is 6.20 Å². The van der Waals surface area contributed by atoms with Crippen LogP contribution in [0.3, 0.4) is 0 Å². The monoisotopic (exact) mass is 439 g/mol. The van der Waals surface area contributed by atoms with E-state index in [0.717, 1.165) is 11.6 Å². The third kappa shape index (κ3) is 4.86. The Morgan fingerprint density at radius 2 is 1.84 bits per heavy atom. The van der Waals surface area contributed by atoms with E-state index in [0.29, 0.717) is 35.2 Å². The van der Waals surface area contributed by atoms with Crippen molar-refractivity contribution in [3.8, 4) is 0 Å². The molecule has 1 atom stereocenters. The van der Waals surface area contributed by atoms with Crippen LogP contribution in [-0.4, -0.2) is 35.3 Å². The first-order chi connectivity index (χ1) is 15.4. The topological polar surface area (TPSA) is 89.0 Å². The second-order valence-electron chi connectivity index (χ2n) is 10.4. The Kier molecular flexibility index (Phi) is 6.91. The first kappa shape index (κ1) is 22.9. The highest BCUT2D eigenvalue weighted by Gasteiger charge is 2.35. The van der Waals surface area contributed by atoms with Crippen molar-refractivity contribution in [2.75, 3.05) is 22.6 Å². The predicted molar refractivity (Wildman–Crippen MR) is 134 cm³/mol. The van der Waals surface area contributed by atoms with Crippen LogP contribution in [0.15, 0.2) is 11.9 Å². The molecule has 7 heteroatoms. The van der Waals surface area contributed by atoms with Gasteiger partial charge in [0.25, 0.3) is 0 Å². The lowest BCUT2D eigenvalue weighted by Gasteiger charge is -2.40. The van der Waals surface area contributed by atoms with Crippen LogP contribution in [-0.2, 0) is 0 Å². The molecule has 0 saturated heterocycles. The number of hydrogen-bond donors (Lipinski definition) is 4. The number of allylic oxidation sites excluding steroid dienone is 1. The van der Waals surface area contributed by atoms with Crippen molar-refractivity contribution in [1.82, 2.24) is 15.3 Å². The molecule has 1 aromatic rings. The van der Waals surface area contributed by atoms with Gasteiger partial charge in [-0.1, -0.05) is 39.5 Å². The Balaban J connectivity index is 1.44. The molecular formula is C25H41N7. The molecule has 32 heavy (non-hydrogen) atoms. The molecule has 3 aliphatic rings. The van der Waals surface area contributed by atoms with Crippen molar-refractivity contribution in [1.29, 1.82) is 5.41 Å². The average Bonchev–Trinajstić information content (AvgIpc) is 2.82. The molecule has 176 valence electrons. The zero-order valence-corrected chi connectivity index (χ0v) is 20.3. The molecule has 2 saturated carbocycles. The van der Waals surface area contributed by atoms with Crippen molar-refractivity contribution in [3.05, 3.63) is 17.5 Å². The maximum atomic E-state index is 7.88. The second-order valence-corrected chi connectivity index (χ2v) is 10.4. The molecule has 1 aromatic heterocycles. The summed E-state index contributed by atoms with van der Waals surface area (Å²) < 4.78 is 0. The van der Waals surface area contributed by atoms with Gasteiger partial charge >= 0.3 is 0 Å². The number of nitrogens with zero attached hydrogens (tertiary/aromatic N) is 3. The van der Waals surface area contributed by atoms with E-state index >= 15 is 0 Å². The Morgan fingerprint density at radius 3 is 2.50 bits per heavy atom. The quantitative estimate of drug-likeness (QED) is 0.395. The summed E-state index contributed by atoms with van der Waals surface area (Å²) in [6, 6.07) is 1.29. The fourth-order valence-electron chi connectivity index (χ4n) is 5.31. The highest BCUT2D eigenvalue weighted by atomic mass is 15.3. The zero-order chi connectivity index (χ0) is 22.7. The van der Waals surface area contributed by atoms with E-state index in [1.54, 1.807) is 0 Å². The van der Waals surface area contributed by atoms with E-state index in [1.165, 1.54) is 76.0 Å². The van der Waals surface area contributed by atoms with Crippen LogP contribution < -0.4 is 20.9 Å². The van der Waals surface area contributed by atoms with Gasteiger partial charge in [0.1, 0.15) is 11.6 Å². The molecule has 1 unspecified atom stereocenters. The minimum absolute atomic E-state index is 0.324. The zero-order valence-electron chi connectivity index (χ0n) is 20.3. The average molecular weight is 440 g/mol. The van der Waals surface area contributed by atoms with E-state index in [9.17, 15) is 0 Å². The Morgan fingerprint density at radius 1 is 1.12 bits per heavy atom. The molecule has 0 aromatic carbocycles. The lowest BCUT2D eigenvalue weighted by molar-refractivity contribution is 0.183. The van der Waals surface area contributed by atoms with Crippen LogP contribution in [0.4, 0.5) is 17.6 Å². The van der Waals surface area contributed by atoms with Crippen LogP contribution in [0, 0.1) is 10.8 Å². The van der Waals surface area contributed by atoms with Crippen molar-refractivity contribution in [2.45, 2.75) is 103 Å². The van der Waals surface area contributed by atoms with Crippen molar-refractivity contribution in [3.63, 3.8) is 0 Å². The van der Waals surface area contributed by atoms with Crippen LogP contribution in [0.25, 0.3) is 0 Å². The Hall–Kier alpha value is -2.31. The van der Waals surface area contributed by atoms with Gasteiger partial charge in [-0.3, -0.25) is 0 Å². The van der Waals surface area contributed by atoms with Crippen LogP contribution >= 0.6 is 0 Å². The standard InChI is InChI=1S/C25H41N7/c1-5-25(3)13-11-18(12-14-25)27-16-20(15-26)29-24-30-22(28-19-9-7-6-8-10-19)21-17(2)32(4)23(21)31-24/h15-19,26-27H,5-14H2,1-4H3,(H2,28,29,30,31)/b20-16+,26-15?. The number of aromatic nitrogens is 2. The molecular weight excluding hydrogens is 398 g/mol. The summed E-state index contributed by atoms with van der Waals surface area (Å²) in [6.07, 6.45) is 15.7. The summed E-state index contributed by atoms with van der Waals surface area (Å²) >= 11 is 0. The fourth-order valence-corrected chi connectivity index (χ4v) is 5.31. The summed E-state index contributed by atoms with van der Waals surface area (Å²) in [5.74, 6) is 2.50. The Bertz CT molecular complexity index is 835. The second kappa shape index (κ2) is 9.67. The van der Waals surface area contributed by atoms with Crippen molar-refractivity contribution >= 4 is 23.8 Å². The van der Waals surface area contributed by atoms with E-state index in [2.05, 4.69) is 48.7 Å². The van der Waals surface area contributed by atoms with Gasteiger partial charge in [-0.05, 0) is 50.9 Å². The summed E-state index contributed by atoms with van der Waals surface area (Å²) in [4.78, 5) is 11.8. The molecule has 7 nitrogen and oxygen atoms in total. The molecule has 0 spiro atoms. The van der Waals surface area contributed by atoms with Crippen LogP contribution in [0.2, 0.25) is 0 Å². The number of nitrogens with one attached hydrogen (secondary N) is 4. The molecule has 0 radical (unpaired) electrons. The number of fused-ring (bicyclic) bond motifs is 1. The van der Waals surface area contributed by atoms with Gasteiger partial charge in [0.2, 0.25) is 5.95 Å². The number of anilines is 3. The minimum atomic E-state index is 0.324. The molecule has 2 fully saturated rings. The fraction of sp³-hybridized carbons (Fsp3) is 0.720. The maximum Gasteiger partial charge on any atom is 0.231 e. The molecule has 1 aliphatic heterocycles.